The van der Waals surface area contributed by atoms with Crippen molar-refractivity contribution in [3.63, 3.8) is 0 Å². The molecule has 20 heavy (non-hydrogen) atoms. The molecule has 0 heterocycles. The summed E-state index contributed by atoms with van der Waals surface area (Å²) in [6, 6.07) is 9.96. The van der Waals surface area contributed by atoms with E-state index in [0.29, 0.717) is 13.0 Å². The lowest BCUT2D eigenvalue weighted by Gasteiger charge is -2.06. The van der Waals surface area contributed by atoms with Crippen LogP contribution in [0.4, 0.5) is 14.5 Å². The van der Waals surface area contributed by atoms with Crippen molar-refractivity contribution in [3.05, 3.63) is 65.2 Å². The van der Waals surface area contributed by atoms with Gasteiger partial charge in [0.05, 0.1) is 5.69 Å². The van der Waals surface area contributed by atoms with Crippen molar-refractivity contribution in [3.8, 4) is 0 Å². The van der Waals surface area contributed by atoms with Crippen LogP contribution in [0.2, 0.25) is 0 Å². The number of anilines is 1. The van der Waals surface area contributed by atoms with Crippen molar-refractivity contribution in [1.29, 1.82) is 0 Å². The van der Waals surface area contributed by atoms with Crippen molar-refractivity contribution < 1.29 is 13.6 Å². The predicted molar refractivity (Wildman–Crippen MR) is 73.2 cm³/mol. The normalized spacial score (nSPS) is 10.3. The first-order valence-electron chi connectivity index (χ1n) is 6.14. The molecule has 0 aromatic heterocycles. The summed E-state index contributed by atoms with van der Waals surface area (Å²) in [5.74, 6) is -1.28. The van der Waals surface area contributed by atoms with Crippen molar-refractivity contribution in [2.24, 2.45) is 0 Å². The molecule has 0 aliphatic rings. The highest BCUT2D eigenvalue weighted by atomic mass is 19.1. The zero-order chi connectivity index (χ0) is 14.5. The standard InChI is InChI=1S/C15H14F2N2O/c16-12-4-1-10(2-5-12)7-8-19-15(20)11-3-6-14(18)13(17)9-11/h1-6,9H,7-8,18H2,(H,19,20). The number of carbonyl (C=O) groups is 1. The van der Waals surface area contributed by atoms with E-state index in [1.807, 2.05) is 0 Å². The number of nitrogens with two attached hydrogens (primary N) is 1. The molecule has 0 radical (unpaired) electrons. The average Bonchev–Trinajstić information content (AvgIpc) is 2.44. The second-order valence-corrected chi connectivity index (χ2v) is 4.37. The van der Waals surface area contributed by atoms with Gasteiger partial charge in [0.2, 0.25) is 0 Å². The van der Waals surface area contributed by atoms with E-state index in [2.05, 4.69) is 5.32 Å². The smallest absolute Gasteiger partial charge is 0.251 e. The second-order valence-electron chi connectivity index (χ2n) is 4.37. The summed E-state index contributed by atoms with van der Waals surface area (Å²) in [6.07, 6.45) is 0.573. The molecular formula is C15H14F2N2O. The summed E-state index contributed by atoms with van der Waals surface area (Å²) >= 11 is 0. The van der Waals surface area contributed by atoms with Crippen LogP contribution >= 0.6 is 0 Å². The molecular weight excluding hydrogens is 262 g/mol. The van der Waals surface area contributed by atoms with Crippen LogP contribution in [0.1, 0.15) is 15.9 Å². The second kappa shape index (κ2) is 6.14. The number of benzene rings is 2. The molecule has 0 fully saturated rings. The Morgan fingerprint density at radius 1 is 1.10 bits per heavy atom. The fourth-order valence-corrected chi connectivity index (χ4v) is 1.74. The molecule has 0 aliphatic carbocycles. The average molecular weight is 276 g/mol. The van der Waals surface area contributed by atoms with Crippen LogP contribution in [-0.4, -0.2) is 12.5 Å². The van der Waals surface area contributed by atoms with Crippen molar-refractivity contribution in [1.82, 2.24) is 5.32 Å². The van der Waals surface area contributed by atoms with Crippen LogP contribution in [0, 0.1) is 11.6 Å². The molecule has 0 unspecified atom stereocenters. The lowest BCUT2D eigenvalue weighted by Crippen LogP contribution is -2.25. The zero-order valence-electron chi connectivity index (χ0n) is 10.7. The van der Waals surface area contributed by atoms with Gasteiger partial charge in [-0.05, 0) is 42.3 Å². The molecule has 3 nitrogen and oxygen atoms in total. The van der Waals surface area contributed by atoms with E-state index in [4.69, 9.17) is 5.73 Å². The highest BCUT2D eigenvalue weighted by Crippen LogP contribution is 2.11. The number of hydrogen-bond donors (Lipinski definition) is 2. The number of hydrogen-bond acceptors (Lipinski definition) is 2. The van der Waals surface area contributed by atoms with Gasteiger partial charge in [0.25, 0.3) is 5.91 Å². The molecule has 0 spiro atoms. The van der Waals surface area contributed by atoms with E-state index in [-0.39, 0.29) is 23.0 Å². The van der Waals surface area contributed by atoms with Gasteiger partial charge in [0.1, 0.15) is 11.6 Å². The Morgan fingerprint density at radius 2 is 1.80 bits per heavy atom. The minimum Gasteiger partial charge on any atom is -0.396 e. The molecule has 0 saturated carbocycles. The summed E-state index contributed by atoms with van der Waals surface area (Å²) < 4.78 is 25.9. The fraction of sp³-hybridized carbons (Fsp3) is 0.133. The van der Waals surface area contributed by atoms with E-state index in [1.165, 1.54) is 24.3 Å². The quantitative estimate of drug-likeness (QED) is 0.843. The Kier molecular flexibility index (Phi) is 4.30. The minimum atomic E-state index is -0.615. The van der Waals surface area contributed by atoms with Gasteiger partial charge in [0.15, 0.2) is 0 Å². The van der Waals surface area contributed by atoms with Crippen LogP contribution in [0.25, 0.3) is 0 Å². The van der Waals surface area contributed by atoms with E-state index in [0.717, 1.165) is 11.6 Å². The third kappa shape index (κ3) is 3.54. The molecule has 0 aliphatic heterocycles. The van der Waals surface area contributed by atoms with Gasteiger partial charge >= 0.3 is 0 Å². The van der Waals surface area contributed by atoms with E-state index >= 15 is 0 Å². The molecule has 104 valence electrons. The summed E-state index contributed by atoms with van der Waals surface area (Å²) in [5.41, 5.74) is 6.48. The number of nitrogen functional groups attached to an aromatic ring is 1. The monoisotopic (exact) mass is 276 g/mol. The van der Waals surface area contributed by atoms with Gasteiger partial charge in [-0.3, -0.25) is 4.79 Å². The molecule has 2 rings (SSSR count). The molecule has 0 bridgehead atoms. The molecule has 0 saturated heterocycles. The number of rotatable bonds is 4. The first kappa shape index (κ1) is 14.0. The van der Waals surface area contributed by atoms with Gasteiger partial charge in [0, 0.05) is 12.1 Å². The lowest BCUT2D eigenvalue weighted by molar-refractivity contribution is 0.0953. The Labute approximate surface area is 115 Å². The van der Waals surface area contributed by atoms with Gasteiger partial charge in [-0.25, -0.2) is 8.78 Å². The topological polar surface area (TPSA) is 55.1 Å². The Hall–Kier alpha value is -2.43. The summed E-state index contributed by atoms with van der Waals surface area (Å²) in [4.78, 5) is 11.8. The molecule has 5 heteroatoms. The Morgan fingerprint density at radius 3 is 2.45 bits per heavy atom. The molecule has 2 aromatic carbocycles. The lowest BCUT2D eigenvalue weighted by atomic mass is 10.1. The highest BCUT2D eigenvalue weighted by molar-refractivity contribution is 5.94. The first-order valence-corrected chi connectivity index (χ1v) is 6.14. The fourth-order valence-electron chi connectivity index (χ4n) is 1.74. The van der Waals surface area contributed by atoms with Crippen LogP contribution in [0.15, 0.2) is 42.5 Å². The number of amides is 1. The van der Waals surface area contributed by atoms with Gasteiger partial charge in [-0.15, -0.1) is 0 Å². The minimum absolute atomic E-state index is 0.00728. The Bertz CT molecular complexity index is 612. The van der Waals surface area contributed by atoms with Crippen LogP contribution < -0.4 is 11.1 Å². The summed E-state index contributed by atoms with van der Waals surface area (Å²) in [5, 5.41) is 2.67. The number of carbonyl (C=O) groups excluding carboxylic acids is 1. The summed E-state index contributed by atoms with van der Waals surface area (Å²) in [6.45, 7) is 0.385. The third-order valence-corrected chi connectivity index (χ3v) is 2.88. The maximum atomic E-state index is 13.2. The number of nitrogens with one attached hydrogen (secondary N) is 1. The van der Waals surface area contributed by atoms with Crippen LogP contribution in [0.3, 0.4) is 0 Å². The highest BCUT2D eigenvalue weighted by Gasteiger charge is 2.07. The molecule has 3 N–H and O–H groups in total. The van der Waals surface area contributed by atoms with Crippen molar-refractivity contribution >= 4 is 11.6 Å². The summed E-state index contributed by atoms with van der Waals surface area (Å²) in [7, 11) is 0. The zero-order valence-corrected chi connectivity index (χ0v) is 10.7. The molecule has 0 atom stereocenters. The van der Waals surface area contributed by atoms with Crippen LogP contribution in [-0.2, 0) is 6.42 Å². The molecule has 2 aromatic rings. The first-order chi connectivity index (χ1) is 9.56. The largest absolute Gasteiger partial charge is 0.396 e. The van der Waals surface area contributed by atoms with Gasteiger partial charge in [-0.2, -0.15) is 0 Å². The van der Waals surface area contributed by atoms with Crippen molar-refractivity contribution in [2.75, 3.05) is 12.3 Å². The third-order valence-electron chi connectivity index (χ3n) is 2.88. The predicted octanol–water partition coefficient (Wildman–Crippen LogP) is 2.52. The van der Waals surface area contributed by atoms with E-state index in [1.54, 1.807) is 12.1 Å². The van der Waals surface area contributed by atoms with Gasteiger partial charge in [-0.1, -0.05) is 12.1 Å². The number of halogens is 2. The van der Waals surface area contributed by atoms with E-state index in [9.17, 15) is 13.6 Å². The maximum absolute atomic E-state index is 13.2. The Balaban J connectivity index is 1.88. The maximum Gasteiger partial charge on any atom is 0.251 e. The van der Waals surface area contributed by atoms with Gasteiger partial charge < -0.3 is 11.1 Å². The molecule has 1 amide bonds. The SMILES string of the molecule is Nc1ccc(C(=O)NCCc2ccc(F)cc2)cc1F. The van der Waals surface area contributed by atoms with Crippen molar-refractivity contribution in [2.45, 2.75) is 6.42 Å². The van der Waals surface area contributed by atoms with E-state index < -0.39 is 5.82 Å². The van der Waals surface area contributed by atoms with Crippen LogP contribution in [0.5, 0.6) is 0 Å².